The normalized spacial score (nSPS) is 27.1. The summed E-state index contributed by atoms with van der Waals surface area (Å²) in [5.74, 6) is 0.741. The smallest absolute Gasteiger partial charge is 0.325 e. The van der Waals surface area contributed by atoms with Crippen LogP contribution in [-0.2, 0) is 11.2 Å². The number of ether oxygens (including phenoxy) is 1. The van der Waals surface area contributed by atoms with Crippen molar-refractivity contribution in [3.8, 4) is 5.75 Å². The zero-order chi connectivity index (χ0) is 16.7. The quantitative estimate of drug-likeness (QED) is 0.730. The average Bonchev–Trinajstić information content (AvgIpc) is 3.09. The van der Waals surface area contributed by atoms with Crippen molar-refractivity contribution in [2.45, 2.75) is 43.8 Å². The van der Waals surface area contributed by atoms with Gasteiger partial charge in [-0.05, 0) is 37.8 Å². The molecule has 130 valence electrons. The second-order valence-electron chi connectivity index (χ2n) is 7.28. The first-order valence-electron chi connectivity index (χ1n) is 8.82. The molecule has 3 atom stereocenters. The number of carbonyl (C=O) groups is 1. The summed E-state index contributed by atoms with van der Waals surface area (Å²) >= 11 is 0. The fraction of sp³-hybridized carbons (Fsp3) is 0.611. The Morgan fingerprint density at radius 3 is 3.00 bits per heavy atom. The summed E-state index contributed by atoms with van der Waals surface area (Å²) in [6, 6.07) is 5.97. The lowest BCUT2D eigenvalue weighted by Gasteiger charge is -2.28. The van der Waals surface area contributed by atoms with Crippen molar-refractivity contribution in [1.29, 1.82) is 0 Å². The minimum Gasteiger partial charge on any atom is -0.493 e. The number of fused-ring (bicyclic) bond motifs is 1. The van der Waals surface area contributed by atoms with E-state index in [-0.39, 0.29) is 6.04 Å². The van der Waals surface area contributed by atoms with Crippen LogP contribution in [0.4, 0.5) is 0 Å². The van der Waals surface area contributed by atoms with Crippen molar-refractivity contribution < 1.29 is 14.6 Å². The van der Waals surface area contributed by atoms with Gasteiger partial charge < -0.3 is 9.84 Å². The van der Waals surface area contributed by atoms with Crippen LogP contribution in [0, 0.1) is 5.92 Å². The number of carboxylic acids is 1. The number of likely N-dealkylation sites (N-methyl/N-ethyl adjacent to an activating group) is 1. The van der Waals surface area contributed by atoms with E-state index in [1.54, 1.807) is 0 Å². The van der Waals surface area contributed by atoms with Gasteiger partial charge in [0.1, 0.15) is 11.8 Å². The maximum Gasteiger partial charge on any atom is 0.325 e. The third kappa shape index (κ3) is 3.01. The largest absolute Gasteiger partial charge is 0.493 e. The SMILES string of the molecule is CN(CC1CC(C2CC2)NN1)C(C(=O)O)c1cccc2c1OCC2. The van der Waals surface area contributed by atoms with Crippen molar-refractivity contribution in [2.75, 3.05) is 20.2 Å². The van der Waals surface area contributed by atoms with Gasteiger partial charge in [-0.15, -0.1) is 0 Å². The minimum atomic E-state index is -0.828. The number of nitrogens with zero attached hydrogens (tertiary/aromatic N) is 1. The summed E-state index contributed by atoms with van der Waals surface area (Å²) in [5, 5.41) is 9.82. The summed E-state index contributed by atoms with van der Waals surface area (Å²) in [6.45, 7) is 1.33. The molecule has 0 amide bonds. The van der Waals surface area contributed by atoms with Crippen molar-refractivity contribution in [3.63, 3.8) is 0 Å². The molecule has 0 aromatic heterocycles. The predicted molar refractivity (Wildman–Crippen MR) is 89.8 cm³/mol. The standard InChI is InChI=1S/C18H25N3O3/c1-21(10-13-9-15(20-19-13)11-5-6-11)16(18(22)23)14-4-2-3-12-7-8-24-17(12)14/h2-4,11,13,15-16,19-20H,5-10H2,1H3,(H,22,23). The fourth-order valence-electron chi connectivity index (χ4n) is 4.05. The molecule has 1 saturated heterocycles. The third-order valence-corrected chi connectivity index (χ3v) is 5.42. The molecule has 1 aromatic rings. The molecule has 1 saturated carbocycles. The Kier molecular flexibility index (Phi) is 4.20. The molecule has 6 nitrogen and oxygen atoms in total. The predicted octanol–water partition coefficient (Wildman–Crippen LogP) is 1.32. The Labute approximate surface area is 142 Å². The Balaban J connectivity index is 1.49. The zero-order valence-corrected chi connectivity index (χ0v) is 14.0. The summed E-state index contributed by atoms with van der Waals surface area (Å²) in [6.07, 6.45) is 4.54. The molecule has 4 rings (SSSR count). The van der Waals surface area contributed by atoms with Crippen molar-refractivity contribution in [3.05, 3.63) is 29.3 Å². The van der Waals surface area contributed by atoms with Crippen LogP contribution in [0.1, 0.15) is 36.4 Å². The Bertz CT molecular complexity index is 632. The summed E-state index contributed by atoms with van der Waals surface area (Å²) < 4.78 is 5.72. The molecule has 0 radical (unpaired) electrons. The van der Waals surface area contributed by atoms with Gasteiger partial charge in [0.05, 0.1) is 6.61 Å². The summed E-state index contributed by atoms with van der Waals surface area (Å²) in [5.41, 5.74) is 8.60. The lowest BCUT2D eigenvalue weighted by Crippen LogP contribution is -2.42. The zero-order valence-electron chi connectivity index (χ0n) is 14.0. The first-order chi connectivity index (χ1) is 11.6. The Hall–Kier alpha value is -1.63. The van der Waals surface area contributed by atoms with E-state index >= 15 is 0 Å². The number of hydrazine groups is 1. The number of carboxylic acid groups (broad SMARTS) is 1. The highest BCUT2D eigenvalue weighted by Crippen LogP contribution is 2.37. The monoisotopic (exact) mass is 331 g/mol. The Morgan fingerprint density at radius 1 is 1.42 bits per heavy atom. The molecule has 2 aliphatic heterocycles. The van der Waals surface area contributed by atoms with E-state index in [0.29, 0.717) is 19.2 Å². The third-order valence-electron chi connectivity index (χ3n) is 5.42. The molecule has 2 heterocycles. The van der Waals surface area contributed by atoms with Crippen LogP contribution in [0.15, 0.2) is 18.2 Å². The molecular formula is C18H25N3O3. The van der Waals surface area contributed by atoms with Crippen LogP contribution in [0.25, 0.3) is 0 Å². The number of benzene rings is 1. The van der Waals surface area contributed by atoms with Gasteiger partial charge >= 0.3 is 5.97 Å². The van der Waals surface area contributed by atoms with Crippen LogP contribution < -0.4 is 15.6 Å². The second kappa shape index (κ2) is 6.35. The topological polar surface area (TPSA) is 73.8 Å². The van der Waals surface area contributed by atoms with Crippen molar-refractivity contribution in [1.82, 2.24) is 15.8 Å². The Morgan fingerprint density at radius 2 is 2.25 bits per heavy atom. The van der Waals surface area contributed by atoms with Gasteiger partial charge in [-0.1, -0.05) is 18.2 Å². The highest BCUT2D eigenvalue weighted by molar-refractivity contribution is 5.77. The van der Waals surface area contributed by atoms with E-state index in [1.807, 2.05) is 30.1 Å². The van der Waals surface area contributed by atoms with Crippen LogP contribution >= 0.6 is 0 Å². The molecule has 3 N–H and O–H groups in total. The van der Waals surface area contributed by atoms with Crippen LogP contribution in [-0.4, -0.2) is 48.3 Å². The van der Waals surface area contributed by atoms with Gasteiger partial charge in [-0.25, -0.2) is 0 Å². The number of hydrogen-bond acceptors (Lipinski definition) is 5. The lowest BCUT2D eigenvalue weighted by atomic mass is 9.99. The highest BCUT2D eigenvalue weighted by Gasteiger charge is 2.38. The molecular weight excluding hydrogens is 306 g/mol. The molecule has 3 aliphatic rings. The maximum atomic E-state index is 12.0. The minimum absolute atomic E-state index is 0.278. The molecule has 6 heteroatoms. The summed E-state index contributed by atoms with van der Waals surface area (Å²) in [4.78, 5) is 13.9. The molecule has 1 aliphatic carbocycles. The molecule has 2 fully saturated rings. The van der Waals surface area contributed by atoms with Gasteiger partial charge in [-0.3, -0.25) is 20.5 Å². The van der Waals surface area contributed by atoms with E-state index < -0.39 is 12.0 Å². The molecule has 0 spiro atoms. The molecule has 1 aromatic carbocycles. The second-order valence-corrected chi connectivity index (χ2v) is 7.28. The van der Waals surface area contributed by atoms with Crippen LogP contribution in [0.2, 0.25) is 0 Å². The van der Waals surface area contributed by atoms with E-state index in [9.17, 15) is 9.90 Å². The van der Waals surface area contributed by atoms with Gasteiger partial charge in [0.15, 0.2) is 0 Å². The molecule has 3 unspecified atom stereocenters. The lowest BCUT2D eigenvalue weighted by molar-refractivity contribution is -0.143. The van der Waals surface area contributed by atoms with Gasteiger partial charge in [0.25, 0.3) is 0 Å². The van der Waals surface area contributed by atoms with Crippen molar-refractivity contribution in [2.24, 2.45) is 5.92 Å². The molecule has 0 bridgehead atoms. The van der Waals surface area contributed by atoms with Crippen molar-refractivity contribution >= 4 is 5.97 Å². The van der Waals surface area contributed by atoms with E-state index in [2.05, 4.69) is 10.9 Å². The molecule has 24 heavy (non-hydrogen) atoms. The van der Waals surface area contributed by atoms with Gasteiger partial charge in [0.2, 0.25) is 0 Å². The number of para-hydroxylation sites is 1. The van der Waals surface area contributed by atoms with Gasteiger partial charge in [-0.2, -0.15) is 0 Å². The number of rotatable bonds is 6. The van der Waals surface area contributed by atoms with Crippen LogP contribution in [0.3, 0.4) is 0 Å². The van der Waals surface area contributed by atoms with E-state index in [0.717, 1.165) is 35.6 Å². The van der Waals surface area contributed by atoms with E-state index in [1.165, 1.54) is 12.8 Å². The number of nitrogens with one attached hydrogen (secondary N) is 2. The number of hydrogen-bond donors (Lipinski definition) is 3. The van der Waals surface area contributed by atoms with Crippen LogP contribution in [0.5, 0.6) is 5.75 Å². The maximum absolute atomic E-state index is 12.0. The van der Waals surface area contributed by atoms with E-state index in [4.69, 9.17) is 4.74 Å². The first-order valence-corrected chi connectivity index (χ1v) is 8.82. The first kappa shape index (κ1) is 15.9. The fourth-order valence-corrected chi connectivity index (χ4v) is 4.05. The summed E-state index contributed by atoms with van der Waals surface area (Å²) in [7, 11) is 1.89. The highest BCUT2D eigenvalue weighted by atomic mass is 16.5. The van der Waals surface area contributed by atoms with Gasteiger partial charge in [0, 0.05) is 30.6 Å². The average molecular weight is 331 g/mol. The number of aliphatic carboxylic acids is 1.